The van der Waals surface area contributed by atoms with Crippen molar-refractivity contribution in [3.63, 3.8) is 0 Å². The van der Waals surface area contributed by atoms with Gasteiger partial charge in [0.1, 0.15) is 6.10 Å². The summed E-state index contributed by atoms with van der Waals surface area (Å²) in [6.45, 7) is 4.16. The molecular weight excluding hydrogens is 222 g/mol. The number of likely N-dealkylation sites (N-methyl/N-ethyl adjacent to an activating group) is 1. The molecule has 6 nitrogen and oxygen atoms in total. The van der Waals surface area contributed by atoms with Crippen LogP contribution in [0.1, 0.15) is 31.2 Å². The molecule has 1 aromatic rings. The quantitative estimate of drug-likeness (QED) is 0.822. The Bertz CT molecular complexity index is 353. The van der Waals surface area contributed by atoms with Gasteiger partial charge in [-0.25, -0.2) is 0 Å². The number of morpholine rings is 1. The Kier molecular flexibility index (Phi) is 4.09. The first-order chi connectivity index (χ1) is 8.15. The maximum atomic E-state index is 9.18. The lowest BCUT2D eigenvalue weighted by Crippen LogP contribution is -2.35. The summed E-state index contributed by atoms with van der Waals surface area (Å²) in [6, 6.07) is 0. The summed E-state index contributed by atoms with van der Waals surface area (Å²) in [5, 5.41) is 13.1. The molecule has 2 rings (SSSR count). The Morgan fingerprint density at radius 3 is 3.12 bits per heavy atom. The van der Waals surface area contributed by atoms with Gasteiger partial charge in [0.05, 0.1) is 12.7 Å². The average molecular weight is 241 g/mol. The number of aliphatic hydroxyl groups excluding tert-OH is 1. The van der Waals surface area contributed by atoms with Crippen LogP contribution in [0, 0.1) is 0 Å². The first-order valence-corrected chi connectivity index (χ1v) is 5.96. The first kappa shape index (κ1) is 12.5. The molecule has 0 bridgehead atoms. The van der Waals surface area contributed by atoms with Gasteiger partial charge in [-0.15, -0.1) is 0 Å². The van der Waals surface area contributed by atoms with Crippen LogP contribution < -0.4 is 0 Å². The Labute approximate surface area is 101 Å². The predicted octanol–water partition coefficient (Wildman–Crippen LogP) is 0.386. The van der Waals surface area contributed by atoms with Gasteiger partial charge in [-0.3, -0.25) is 0 Å². The number of aryl methyl sites for hydroxylation is 1. The van der Waals surface area contributed by atoms with Gasteiger partial charge in [-0.2, -0.15) is 4.98 Å². The van der Waals surface area contributed by atoms with Crippen LogP contribution in [0.4, 0.5) is 0 Å². The van der Waals surface area contributed by atoms with E-state index in [1.807, 2.05) is 7.05 Å². The summed E-state index contributed by atoms with van der Waals surface area (Å²) >= 11 is 0. The summed E-state index contributed by atoms with van der Waals surface area (Å²) in [5.74, 6) is 1.18. The number of ether oxygens (including phenoxy) is 1. The van der Waals surface area contributed by atoms with E-state index in [0.29, 0.717) is 31.2 Å². The van der Waals surface area contributed by atoms with Crippen LogP contribution >= 0.6 is 0 Å². The molecule has 1 saturated heterocycles. The number of aromatic nitrogens is 2. The minimum absolute atomic E-state index is 0.0993. The van der Waals surface area contributed by atoms with Crippen LogP contribution in [0.15, 0.2) is 4.52 Å². The van der Waals surface area contributed by atoms with Crippen molar-refractivity contribution in [2.24, 2.45) is 0 Å². The number of aliphatic hydroxyl groups is 1. The lowest BCUT2D eigenvalue weighted by Gasteiger charge is -2.27. The zero-order valence-corrected chi connectivity index (χ0v) is 10.3. The molecule has 0 amide bonds. The van der Waals surface area contributed by atoms with Gasteiger partial charge in [0.2, 0.25) is 11.7 Å². The normalized spacial score (nSPS) is 23.8. The Morgan fingerprint density at radius 2 is 2.41 bits per heavy atom. The molecule has 0 radical (unpaired) electrons. The van der Waals surface area contributed by atoms with Crippen LogP contribution in [0.2, 0.25) is 0 Å². The van der Waals surface area contributed by atoms with Crippen molar-refractivity contribution >= 4 is 0 Å². The van der Waals surface area contributed by atoms with Crippen molar-refractivity contribution < 1.29 is 14.4 Å². The van der Waals surface area contributed by atoms with Crippen molar-refractivity contribution in [3.05, 3.63) is 11.7 Å². The van der Waals surface area contributed by atoms with Crippen LogP contribution in [0.5, 0.6) is 0 Å². The number of hydrogen-bond donors (Lipinski definition) is 1. The molecule has 0 aromatic carbocycles. The highest BCUT2D eigenvalue weighted by Gasteiger charge is 2.24. The van der Waals surface area contributed by atoms with Gasteiger partial charge >= 0.3 is 0 Å². The molecule has 96 valence electrons. The smallest absolute Gasteiger partial charge is 0.226 e. The summed E-state index contributed by atoms with van der Waals surface area (Å²) < 4.78 is 10.7. The maximum absolute atomic E-state index is 9.18. The van der Waals surface area contributed by atoms with Gasteiger partial charge < -0.3 is 19.3 Å². The molecule has 6 heteroatoms. The molecule has 0 saturated carbocycles. The molecule has 0 spiro atoms. The summed E-state index contributed by atoms with van der Waals surface area (Å²) in [4.78, 5) is 6.48. The van der Waals surface area contributed by atoms with Crippen molar-refractivity contribution in [1.29, 1.82) is 0 Å². The molecule has 1 N–H and O–H groups in total. The van der Waals surface area contributed by atoms with Gasteiger partial charge in [0.25, 0.3) is 0 Å². The molecule has 2 atom stereocenters. The molecule has 2 heterocycles. The summed E-state index contributed by atoms with van der Waals surface area (Å²) in [7, 11) is 2.05. The minimum atomic E-state index is -0.345. The molecular formula is C11H19N3O3. The predicted molar refractivity (Wildman–Crippen MR) is 60.5 cm³/mol. The maximum Gasteiger partial charge on any atom is 0.226 e. The molecule has 1 aromatic heterocycles. The third-order valence-electron chi connectivity index (χ3n) is 2.82. The lowest BCUT2D eigenvalue weighted by molar-refractivity contribution is -0.0264. The molecule has 17 heavy (non-hydrogen) atoms. The zero-order valence-electron chi connectivity index (χ0n) is 10.3. The second kappa shape index (κ2) is 5.57. The highest BCUT2D eigenvalue weighted by molar-refractivity contribution is 4.94. The second-order valence-corrected chi connectivity index (χ2v) is 4.56. The lowest BCUT2D eigenvalue weighted by atomic mass is 10.2. The monoisotopic (exact) mass is 241 g/mol. The average Bonchev–Trinajstić information content (AvgIpc) is 2.75. The van der Waals surface area contributed by atoms with Gasteiger partial charge in [0, 0.05) is 19.5 Å². The Hall–Kier alpha value is -0.980. The van der Waals surface area contributed by atoms with E-state index in [9.17, 15) is 5.11 Å². The van der Waals surface area contributed by atoms with E-state index in [0.717, 1.165) is 13.1 Å². The van der Waals surface area contributed by atoms with E-state index in [1.165, 1.54) is 0 Å². The zero-order chi connectivity index (χ0) is 12.3. The van der Waals surface area contributed by atoms with Crippen molar-refractivity contribution in [1.82, 2.24) is 15.0 Å². The van der Waals surface area contributed by atoms with Crippen LogP contribution in [0.3, 0.4) is 0 Å². The fraction of sp³-hybridized carbons (Fsp3) is 0.818. The Morgan fingerprint density at radius 1 is 1.59 bits per heavy atom. The standard InChI is InChI=1S/C11H19N3O3/c1-8(15)3-4-10-12-11(13-17-10)9-7-14(2)5-6-16-9/h8-9,15H,3-7H2,1-2H3. The SMILES string of the molecule is CC(O)CCc1nc(C2CN(C)CCO2)no1. The van der Waals surface area contributed by atoms with E-state index in [1.54, 1.807) is 6.92 Å². The largest absolute Gasteiger partial charge is 0.393 e. The van der Waals surface area contributed by atoms with Gasteiger partial charge in [-0.1, -0.05) is 5.16 Å². The van der Waals surface area contributed by atoms with Crippen molar-refractivity contribution in [2.45, 2.75) is 32.0 Å². The fourth-order valence-corrected chi connectivity index (χ4v) is 1.77. The molecule has 0 aliphatic carbocycles. The van der Waals surface area contributed by atoms with E-state index in [-0.39, 0.29) is 12.2 Å². The van der Waals surface area contributed by atoms with E-state index >= 15 is 0 Å². The van der Waals surface area contributed by atoms with Gasteiger partial charge in [-0.05, 0) is 20.4 Å². The van der Waals surface area contributed by atoms with Gasteiger partial charge in [0.15, 0.2) is 0 Å². The highest BCUT2D eigenvalue weighted by Crippen LogP contribution is 2.19. The highest BCUT2D eigenvalue weighted by atomic mass is 16.5. The van der Waals surface area contributed by atoms with Crippen LogP contribution in [0.25, 0.3) is 0 Å². The Balaban J connectivity index is 1.92. The van der Waals surface area contributed by atoms with Crippen molar-refractivity contribution in [2.75, 3.05) is 26.7 Å². The van der Waals surface area contributed by atoms with Crippen molar-refractivity contribution in [3.8, 4) is 0 Å². The molecule has 1 fully saturated rings. The van der Waals surface area contributed by atoms with Crippen LogP contribution in [-0.4, -0.2) is 53.0 Å². The van der Waals surface area contributed by atoms with E-state index < -0.39 is 0 Å². The van der Waals surface area contributed by atoms with Crippen LogP contribution in [-0.2, 0) is 11.2 Å². The molecule has 2 unspecified atom stereocenters. The third kappa shape index (κ3) is 3.49. The topological polar surface area (TPSA) is 71.6 Å². The number of nitrogens with zero attached hydrogens (tertiary/aromatic N) is 3. The summed E-state index contributed by atoms with van der Waals surface area (Å²) in [5.41, 5.74) is 0. The van der Waals surface area contributed by atoms with E-state index in [2.05, 4.69) is 15.0 Å². The van der Waals surface area contributed by atoms with E-state index in [4.69, 9.17) is 9.26 Å². The molecule has 1 aliphatic heterocycles. The first-order valence-electron chi connectivity index (χ1n) is 5.96. The minimum Gasteiger partial charge on any atom is -0.393 e. The fourth-order valence-electron chi connectivity index (χ4n) is 1.77. The number of hydrogen-bond acceptors (Lipinski definition) is 6. The number of rotatable bonds is 4. The molecule has 1 aliphatic rings. The third-order valence-corrected chi connectivity index (χ3v) is 2.82. The second-order valence-electron chi connectivity index (χ2n) is 4.56. The summed E-state index contributed by atoms with van der Waals surface area (Å²) in [6.07, 6.45) is 0.792.